The highest BCUT2D eigenvalue weighted by molar-refractivity contribution is 5.29. The first-order valence-corrected chi connectivity index (χ1v) is 7.22. The minimum atomic E-state index is 0.406. The van der Waals surface area contributed by atoms with Crippen LogP contribution in [0.5, 0.6) is 5.75 Å². The van der Waals surface area contributed by atoms with E-state index in [-0.39, 0.29) is 0 Å². The van der Waals surface area contributed by atoms with Gasteiger partial charge in [-0.1, -0.05) is 32.9 Å². The summed E-state index contributed by atoms with van der Waals surface area (Å²) in [4.78, 5) is 0. The summed E-state index contributed by atoms with van der Waals surface area (Å²) in [6, 6.07) is 9.29. The van der Waals surface area contributed by atoms with E-state index in [2.05, 4.69) is 50.4 Å². The molecule has 1 fully saturated rings. The van der Waals surface area contributed by atoms with E-state index in [1.165, 1.54) is 12.0 Å². The smallest absolute Gasteiger partial charge is 0.119 e. The molecule has 1 aromatic rings. The summed E-state index contributed by atoms with van der Waals surface area (Å²) in [6.45, 7) is 7.70. The Morgan fingerprint density at radius 1 is 1.22 bits per heavy atom. The lowest BCUT2D eigenvalue weighted by atomic mass is 9.89. The van der Waals surface area contributed by atoms with Crippen LogP contribution in [0.25, 0.3) is 0 Å². The van der Waals surface area contributed by atoms with Crippen LogP contribution in [0.15, 0.2) is 24.3 Å². The minimum absolute atomic E-state index is 0.406. The first kappa shape index (κ1) is 13.4. The first-order chi connectivity index (χ1) is 8.72. The van der Waals surface area contributed by atoms with Crippen molar-refractivity contribution in [3.05, 3.63) is 29.8 Å². The summed E-state index contributed by atoms with van der Waals surface area (Å²) in [6.07, 6.45) is 3.87. The zero-order chi connectivity index (χ0) is 13.0. The number of rotatable bonds is 6. The molecule has 1 saturated carbocycles. The van der Waals surface area contributed by atoms with Gasteiger partial charge in [-0.3, -0.25) is 0 Å². The van der Waals surface area contributed by atoms with Gasteiger partial charge in [0, 0.05) is 6.04 Å². The lowest BCUT2D eigenvalue weighted by molar-refractivity contribution is 0.0859. The maximum atomic E-state index is 5.96. The number of hydrogen-bond acceptors (Lipinski definition) is 2. The predicted octanol–water partition coefficient (Wildman–Crippen LogP) is 3.72. The van der Waals surface area contributed by atoms with Crippen LogP contribution in [0.2, 0.25) is 0 Å². The molecule has 1 N–H and O–H groups in total. The fraction of sp³-hybridized carbons (Fsp3) is 0.625. The molecule has 0 aliphatic heterocycles. The van der Waals surface area contributed by atoms with E-state index < -0.39 is 0 Å². The summed E-state index contributed by atoms with van der Waals surface area (Å²) in [5.74, 6) is 1.66. The molecule has 0 aromatic heterocycles. The largest absolute Gasteiger partial charge is 0.490 e. The van der Waals surface area contributed by atoms with Gasteiger partial charge in [-0.05, 0) is 49.4 Å². The third kappa shape index (κ3) is 3.26. The maximum Gasteiger partial charge on any atom is 0.119 e. The van der Waals surface area contributed by atoms with Crippen LogP contribution in [0.3, 0.4) is 0 Å². The van der Waals surface area contributed by atoms with Gasteiger partial charge in [0.1, 0.15) is 11.9 Å². The van der Waals surface area contributed by atoms with Crippen LogP contribution in [-0.4, -0.2) is 18.7 Å². The SMILES string of the molecule is CCNC1CC(Oc2ccc(C(C)CC)cc2)C1. The normalized spacial score (nSPS) is 24.4. The van der Waals surface area contributed by atoms with Gasteiger partial charge in [-0.15, -0.1) is 0 Å². The first-order valence-electron chi connectivity index (χ1n) is 7.22. The van der Waals surface area contributed by atoms with Crippen LogP contribution in [0, 0.1) is 0 Å². The van der Waals surface area contributed by atoms with Gasteiger partial charge in [0.25, 0.3) is 0 Å². The molecular weight excluding hydrogens is 222 g/mol. The summed E-state index contributed by atoms with van der Waals surface area (Å²) < 4.78 is 5.96. The van der Waals surface area contributed by atoms with E-state index in [1.807, 2.05) is 0 Å². The number of benzene rings is 1. The molecule has 0 bridgehead atoms. The zero-order valence-electron chi connectivity index (χ0n) is 11.8. The van der Waals surface area contributed by atoms with E-state index in [4.69, 9.17) is 4.74 Å². The van der Waals surface area contributed by atoms with E-state index >= 15 is 0 Å². The van der Waals surface area contributed by atoms with Gasteiger partial charge in [0.05, 0.1) is 0 Å². The van der Waals surface area contributed by atoms with E-state index in [0.717, 1.165) is 25.1 Å². The summed E-state index contributed by atoms with van der Waals surface area (Å²) in [7, 11) is 0. The second kappa shape index (κ2) is 6.24. The van der Waals surface area contributed by atoms with Gasteiger partial charge < -0.3 is 10.1 Å². The molecule has 1 aliphatic carbocycles. The van der Waals surface area contributed by atoms with Gasteiger partial charge in [0.15, 0.2) is 0 Å². The van der Waals surface area contributed by atoms with Crippen molar-refractivity contribution in [2.45, 2.75) is 58.1 Å². The minimum Gasteiger partial charge on any atom is -0.490 e. The summed E-state index contributed by atoms with van der Waals surface area (Å²) >= 11 is 0. The molecule has 1 atom stereocenters. The zero-order valence-corrected chi connectivity index (χ0v) is 11.8. The van der Waals surface area contributed by atoms with Crippen LogP contribution in [0.1, 0.15) is 51.5 Å². The Kier molecular flexibility index (Phi) is 4.65. The average Bonchev–Trinajstić information content (AvgIpc) is 2.36. The van der Waals surface area contributed by atoms with Crippen LogP contribution >= 0.6 is 0 Å². The van der Waals surface area contributed by atoms with Crippen molar-refractivity contribution in [1.82, 2.24) is 5.32 Å². The highest BCUT2D eigenvalue weighted by atomic mass is 16.5. The monoisotopic (exact) mass is 247 g/mol. The number of nitrogens with one attached hydrogen (secondary N) is 1. The number of hydrogen-bond donors (Lipinski definition) is 1. The molecule has 0 spiro atoms. The molecule has 1 aromatic carbocycles. The molecule has 0 saturated heterocycles. The van der Waals surface area contributed by atoms with Crippen molar-refractivity contribution in [2.24, 2.45) is 0 Å². The molecule has 2 heteroatoms. The topological polar surface area (TPSA) is 21.3 Å². The molecule has 100 valence electrons. The van der Waals surface area contributed by atoms with Gasteiger partial charge in [-0.25, -0.2) is 0 Å². The molecule has 2 rings (SSSR count). The molecule has 2 nitrogen and oxygen atoms in total. The lowest BCUT2D eigenvalue weighted by Gasteiger charge is -2.35. The second-order valence-electron chi connectivity index (χ2n) is 5.34. The highest BCUT2D eigenvalue weighted by Gasteiger charge is 2.29. The Bertz CT molecular complexity index is 354. The molecular formula is C16H25NO. The molecule has 1 aliphatic rings. The van der Waals surface area contributed by atoms with Crippen LogP contribution in [-0.2, 0) is 0 Å². The molecule has 18 heavy (non-hydrogen) atoms. The van der Waals surface area contributed by atoms with Gasteiger partial charge >= 0.3 is 0 Å². The quantitative estimate of drug-likeness (QED) is 0.827. The van der Waals surface area contributed by atoms with Crippen LogP contribution in [0.4, 0.5) is 0 Å². The van der Waals surface area contributed by atoms with Gasteiger partial charge in [0.2, 0.25) is 0 Å². The Morgan fingerprint density at radius 2 is 1.89 bits per heavy atom. The Morgan fingerprint density at radius 3 is 2.44 bits per heavy atom. The van der Waals surface area contributed by atoms with E-state index in [0.29, 0.717) is 18.1 Å². The van der Waals surface area contributed by atoms with Gasteiger partial charge in [-0.2, -0.15) is 0 Å². The molecule has 0 amide bonds. The van der Waals surface area contributed by atoms with Crippen molar-refractivity contribution in [3.63, 3.8) is 0 Å². The fourth-order valence-electron chi connectivity index (χ4n) is 2.42. The molecule has 1 unspecified atom stereocenters. The van der Waals surface area contributed by atoms with Crippen molar-refractivity contribution < 1.29 is 4.74 Å². The van der Waals surface area contributed by atoms with E-state index in [1.54, 1.807) is 0 Å². The Labute approximate surface area is 111 Å². The van der Waals surface area contributed by atoms with Crippen molar-refractivity contribution in [2.75, 3.05) is 6.54 Å². The predicted molar refractivity (Wildman–Crippen MR) is 76.3 cm³/mol. The number of ether oxygens (including phenoxy) is 1. The Hall–Kier alpha value is -1.02. The fourth-order valence-corrected chi connectivity index (χ4v) is 2.42. The Balaban J connectivity index is 1.81. The second-order valence-corrected chi connectivity index (χ2v) is 5.34. The molecule has 0 heterocycles. The van der Waals surface area contributed by atoms with Crippen LogP contribution < -0.4 is 10.1 Å². The summed E-state index contributed by atoms with van der Waals surface area (Å²) in [5, 5.41) is 3.45. The standard InChI is InChI=1S/C16H25NO/c1-4-12(3)13-6-8-15(9-7-13)18-16-10-14(11-16)17-5-2/h6-9,12,14,16-17H,4-5,10-11H2,1-3H3. The van der Waals surface area contributed by atoms with Crippen molar-refractivity contribution >= 4 is 0 Å². The maximum absolute atomic E-state index is 5.96. The molecule has 0 radical (unpaired) electrons. The third-order valence-corrected chi connectivity index (χ3v) is 3.95. The van der Waals surface area contributed by atoms with E-state index in [9.17, 15) is 0 Å². The van der Waals surface area contributed by atoms with Crippen molar-refractivity contribution in [1.29, 1.82) is 0 Å². The van der Waals surface area contributed by atoms with Crippen molar-refractivity contribution in [3.8, 4) is 5.75 Å². The third-order valence-electron chi connectivity index (χ3n) is 3.95. The average molecular weight is 247 g/mol. The lowest BCUT2D eigenvalue weighted by Crippen LogP contribution is -2.46. The summed E-state index contributed by atoms with van der Waals surface area (Å²) in [5.41, 5.74) is 1.41. The highest BCUT2D eigenvalue weighted by Crippen LogP contribution is 2.27.